The molecule has 0 saturated carbocycles. The van der Waals surface area contributed by atoms with E-state index in [1.807, 2.05) is 0 Å². The monoisotopic (exact) mass is 543 g/mol. The molecule has 0 unspecified atom stereocenters. The van der Waals surface area contributed by atoms with Gasteiger partial charge in [0.1, 0.15) is 25.8 Å². The van der Waals surface area contributed by atoms with Crippen LogP contribution in [0.2, 0.25) is 10.0 Å². The van der Waals surface area contributed by atoms with Crippen molar-refractivity contribution in [2.45, 2.75) is 26.4 Å². The fourth-order valence-electron chi connectivity index (χ4n) is 3.54. The lowest BCUT2D eigenvalue weighted by molar-refractivity contribution is -0.139. The third-order valence-corrected chi connectivity index (χ3v) is 7.23. The van der Waals surface area contributed by atoms with Crippen molar-refractivity contribution in [2.24, 2.45) is 0 Å². The van der Waals surface area contributed by atoms with Gasteiger partial charge in [0.05, 0.1) is 22.0 Å². The van der Waals surface area contributed by atoms with Crippen LogP contribution in [0.1, 0.15) is 19.4 Å². The molecule has 1 atom stereocenters. The van der Waals surface area contributed by atoms with Gasteiger partial charge in [-0.3, -0.25) is 13.9 Å². The Bertz CT molecular complexity index is 1210. The fraction of sp³-hybridized carbons (Fsp3) is 0.391. The molecule has 0 aliphatic carbocycles. The Hall–Kier alpha value is -2.69. The van der Waals surface area contributed by atoms with E-state index < -0.39 is 28.5 Å². The van der Waals surface area contributed by atoms with Gasteiger partial charge in [0.25, 0.3) is 0 Å². The van der Waals surface area contributed by atoms with Crippen LogP contribution in [0.3, 0.4) is 0 Å². The van der Waals surface area contributed by atoms with Gasteiger partial charge in [-0.05, 0) is 43.7 Å². The average molecular weight is 544 g/mol. The first kappa shape index (κ1) is 26.9. The van der Waals surface area contributed by atoms with Crippen molar-refractivity contribution in [3.8, 4) is 11.5 Å². The summed E-state index contributed by atoms with van der Waals surface area (Å²) >= 11 is 12.1. The van der Waals surface area contributed by atoms with Crippen LogP contribution < -0.4 is 19.1 Å². The molecule has 2 aromatic carbocycles. The second-order valence-electron chi connectivity index (χ2n) is 7.94. The Balaban J connectivity index is 1.93. The van der Waals surface area contributed by atoms with Crippen LogP contribution in [0.4, 0.5) is 5.69 Å². The zero-order chi connectivity index (χ0) is 25.8. The molecule has 0 saturated heterocycles. The molecule has 1 aliphatic rings. The number of hydrogen-bond acceptors (Lipinski definition) is 6. The van der Waals surface area contributed by atoms with Gasteiger partial charge in [0.2, 0.25) is 21.8 Å². The number of carbonyl (C=O) groups excluding carboxylic acids is 2. The highest BCUT2D eigenvalue weighted by Crippen LogP contribution is 2.34. The molecule has 1 heterocycles. The summed E-state index contributed by atoms with van der Waals surface area (Å²) in [6, 6.07) is 8.65. The van der Waals surface area contributed by atoms with Crippen molar-refractivity contribution in [1.82, 2.24) is 10.2 Å². The van der Waals surface area contributed by atoms with Crippen LogP contribution in [-0.4, -0.2) is 63.7 Å². The molecular formula is C23H27Cl2N3O6S. The molecule has 1 aliphatic heterocycles. The Morgan fingerprint density at radius 1 is 1.06 bits per heavy atom. The zero-order valence-electron chi connectivity index (χ0n) is 19.6. The topological polar surface area (TPSA) is 105 Å². The number of nitrogens with zero attached hydrogens (tertiary/aromatic N) is 2. The van der Waals surface area contributed by atoms with Crippen molar-refractivity contribution >= 4 is 50.7 Å². The Morgan fingerprint density at radius 3 is 2.37 bits per heavy atom. The van der Waals surface area contributed by atoms with E-state index in [0.717, 1.165) is 10.6 Å². The number of benzene rings is 2. The smallest absolute Gasteiger partial charge is 0.244 e. The maximum Gasteiger partial charge on any atom is 0.244 e. The minimum atomic E-state index is -3.86. The van der Waals surface area contributed by atoms with Gasteiger partial charge in [-0.1, -0.05) is 29.3 Å². The van der Waals surface area contributed by atoms with E-state index in [2.05, 4.69) is 5.32 Å². The van der Waals surface area contributed by atoms with Gasteiger partial charge in [-0.15, -0.1) is 0 Å². The maximum absolute atomic E-state index is 13.5. The number of fused-ring (bicyclic) bond motifs is 1. The lowest BCUT2D eigenvalue weighted by Crippen LogP contribution is -2.51. The van der Waals surface area contributed by atoms with Crippen LogP contribution in [0.15, 0.2) is 36.4 Å². The normalized spacial score (nSPS) is 13.6. The average Bonchev–Trinajstić information content (AvgIpc) is 2.81. The molecular weight excluding hydrogens is 517 g/mol. The van der Waals surface area contributed by atoms with E-state index in [4.69, 9.17) is 32.7 Å². The number of amides is 2. The SMILES string of the molecule is CCNC(=O)[C@H](C)N(Cc1ccc(Cl)c(Cl)c1)C(=O)CN(c1ccc2c(c1)OCCO2)S(C)(=O)=O. The number of likely N-dealkylation sites (N-methyl/N-ethyl adjacent to an activating group) is 1. The van der Waals surface area contributed by atoms with Crippen LogP contribution in [-0.2, 0) is 26.2 Å². The summed E-state index contributed by atoms with van der Waals surface area (Å²) in [5, 5.41) is 3.35. The number of hydrogen-bond donors (Lipinski definition) is 1. The molecule has 1 N–H and O–H groups in total. The summed E-state index contributed by atoms with van der Waals surface area (Å²) in [6.07, 6.45) is 1.01. The molecule has 0 bridgehead atoms. The van der Waals surface area contributed by atoms with Crippen LogP contribution >= 0.6 is 23.2 Å². The molecule has 12 heteroatoms. The lowest BCUT2D eigenvalue weighted by atomic mass is 10.1. The number of halogens is 2. The molecule has 2 amide bonds. The van der Waals surface area contributed by atoms with Crippen molar-refractivity contribution < 1.29 is 27.5 Å². The third-order valence-electron chi connectivity index (χ3n) is 5.35. The number of nitrogens with one attached hydrogen (secondary N) is 1. The predicted molar refractivity (Wildman–Crippen MR) is 135 cm³/mol. The number of carbonyl (C=O) groups is 2. The van der Waals surface area contributed by atoms with Gasteiger partial charge >= 0.3 is 0 Å². The Labute approximate surface area is 214 Å². The second-order valence-corrected chi connectivity index (χ2v) is 10.7. The van der Waals surface area contributed by atoms with Crippen molar-refractivity contribution in [3.63, 3.8) is 0 Å². The number of ether oxygens (including phenoxy) is 2. The molecule has 0 fully saturated rings. The summed E-state index contributed by atoms with van der Waals surface area (Å²) in [4.78, 5) is 27.4. The summed E-state index contributed by atoms with van der Waals surface area (Å²) in [7, 11) is -3.86. The van der Waals surface area contributed by atoms with Crippen LogP contribution in [0, 0.1) is 0 Å². The standard InChI is InChI=1S/C23H27Cl2N3O6S/c1-4-26-23(30)15(2)27(13-16-5-7-18(24)19(25)11-16)22(29)14-28(35(3,31)32)17-6-8-20-21(12-17)34-10-9-33-20/h5-8,11-12,15H,4,9-10,13-14H2,1-3H3,(H,26,30)/t15-/m0/s1. The van der Waals surface area contributed by atoms with Crippen molar-refractivity contribution in [2.75, 3.05) is 36.9 Å². The summed E-state index contributed by atoms with van der Waals surface area (Å²) < 4.78 is 37.4. The van der Waals surface area contributed by atoms with E-state index in [9.17, 15) is 18.0 Å². The summed E-state index contributed by atoms with van der Waals surface area (Å²) in [6.45, 7) is 3.94. The molecule has 0 radical (unpaired) electrons. The third kappa shape index (κ3) is 6.71. The molecule has 0 spiro atoms. The molecule has 9 nitrogen and oxygen atoms in total. The highest BCUT2D eigenvalue weighted by atomic mass is 35.5. The highest BCUT2D eigenvalue weighted by molar-refractivity contribution is 7.92. The van der Waals surface area contributed by atoms with E-state index in [1.165, 1.54) is 11.0 Å². The van der Waals surface area contributed by atoms with Gasteiger partial charge in [0.15, 0.2) is 11.5 Å². The minimum absolute atomic E-state index is 0.0206. The molecule has 35 heavy (non-hydrogen) atoms. The molecule has 190 valence electrons. The number of sulfonamides is 1. The van der Waals surface area contributed by atoms with E-state index >= 15 is 0 Å². The van der Waals surface area contributed by atoms with Crippen molar-refractivity contribution in [1.29, 1.82) is 0 Å². The minimum Gasteiger partial charge on any atom is -0.486 e. The van der Waals surface area contributed by atoms with Crippen LogP contribution in [0.5, 0.6) is 11.5 Å². The van der Waals surface area contributed by atoms with Crippen LogP contribution in [0.25, 0.3) is 0 Å². The number of anilines is 1. The van der Waals surface area contributed by atoms with E-state index in [1.54, 1.807) is 44.2 Å². The van der Waals surface area contributed by atoms with E-state index in [0.29, 0.717) is 46.9 Å². The highest BCUT2D eigenvalue weighted by Gasteiger charge is 2.30. The maximum atomic E-state index is 13.5. The fourth-order valence-corrected chi connectivity index (χ4v) is 4.70. The van der Waals surface area contributed by atoms with Gasteiger partial charge in [0, 0.05) is 19.2 Å². The first-order valence-electron chi connectivity index (χ1n) is 10.9. The number of rotatable bonds is 9. The Kier molecular flexibility index (Phi) is 8.74. The molecule has 0 aromatic heterocycles. The van der Waals surface area contributed by atoms with Gasteiger partial charge in [-0.2, -0.15) is 0 Å². The quantitative estimate of drug-likeness (QED) is 0.521. The predicted octanol–water partition coefficient (Wildman–Crippen LogP) is 3.08. The Morgan fingerprint density at radius 2 is 1.74 bits per heavy atom. The van der Waals surface area contributed by atoms with Crippen molar-refractivity contribution in [3.05, 3.63) is 52.0 Å². The largest absolute Gasteiger partial charge is 0.486 e. The summed E-state index contributed by atoms with van der Waals surface area (Å²) in [5.41, 5.74) is 0.874. The molecule has 2 aromatic rings. The van der Waals surface area contributed by atoms with Gasteiger partial charge in [-0.25, -0.2) is 8.42 Å². The lowest BCUT2D eigenvalue weighted by Gasteiger charge is -2.31. The van der Waals surface area contributed by atoms with Gasteiger partial charge < -0.3 is 19.7 Å². The second kappa shape index (κ2) is 11.4. The zero-order valence-corrected chi connectivity index (χ0v) is 21.9. The first-order chi connectivity index (χ1) is 16.5. The van der Waals surface area contributed by atoms with E-state index in [-0.39, 0.29) is 18.1 Å². The summed E-state index contributed by atoms with van der Waals surface area (Å²) in [5.74, 6) is -0.0645. The molecule has 3 rings (SSSR count). The first-order valence-corrected chi connectivity index (χ1v) is 13.5.